The van der Waals surface area contributed by atoms with Crippen molar-refractivity contribution < 1.29 is 0 Å². The Hall–Kier alpha value is -0.0800. The smallest absolute Gasteiger partial charge is 0.00643 e. The number of rotatable bonds is 3. The first-order valence-electron chi connectivity index (χ1n) is 6.00. The van der Waals surface area contributed by atoms with E-state index in [1.54, 1.807) is 0 Å². The molecule has 1 heterocycles. The van der Waals surface area contributed by atoms with E-state index in [1.165, 1.54) is 32.4 Å². The molecule has 0 aromatic rings. The molecule has 1 aliphatic heterocycles. The van der Waals surface area contributed by atoms with Gasteiger partial charge in [-0.15, -0.1) is 0 Å². The van der Waals surface area contributed by atoms with Crippen molar-refractivity contribution in [3.05, 3.63) is 0 Å². The highest BCUT2D eigenvalue weighted by atomic mass is 15.2. The zero-order valence-electron chi connectivity index (χ0n) is 10.7. The molecule has 86 valence electrons. The van der Waals surface area contributed by atoms with Crippen molar-refractivity contribution in [1.82, 2.24) is 9.80 Å². The predicted octanol–water partition coefficient (Wildman–Crippen LogP) is 2.45. The fraction of sp³-hybridized carbons (Fsp3) is 1.00. The minimum absolute atomic E-state index is 0.826. The van der Waals surface area contributed by atoms with Crippen molar-refractivity contribution in [3.8, 4) is 0 Å². The normalized spacial score (nSPS) is 19.3. The van der Waals surface area contributed by atoms with Crippen LogP contribution in [0.3, 0.4) is 0 Å². The van der Waals surface area contributed by atoms with Crippen molar-refractivity contribution in [2.45, 2.75) is 46.1 Å². The highest BCUT2D eigenvalue weighted by Gasteiger charge is 2.15. The second-order valence-electron chi connectivity index (χ2n) is 4.40. The molecule has 0 aliphatic carbocycles. The van der Waals surface area contributed by atoms with Crippen LogP contribution in [0.1, 0.15) is 40.0 Å². The van der Waals surface area contributed by atoms with E-state index in [1.807, 2.05) is 0 Å². The Bertz CT molecular complexity index is 117. The molecule has 1 rings (SSSR count). The summed E-state index contributed by atoms with van der Waals surface area (Å²) in [5, 5.41) is 0. The third-order valence-electron chi connectivity index (χ3n) is 2.99. The Balaban J connectivity index is 0.000000292. The maximum Gasteiger partial charge on any atom is 0.00643 e. The molecule has 0 amide bonds. The van der Waals surface area contributed by atoms with Gasteiger partial charge in [-0.25, -0.2) is 0 Å². The molecular weight excluding hydrogens is 172 g/mol. The van der Waals surface area contributed by atoms with Crippen LogP contribution in [0, 0.1) is 0 Å². The molecule has 1 aliphatic rings. The number of nitrogens with zero attached hydrogens (tertiary/aromatic N) is 2. The average Bonchev–Trinajstić information content (AvgIpc) is 2.70. The van der Waals surface area contributed by atoms with Gasteiger partial charge in [0.15, 0.2) is 0 Å². The second kappa shape index (κ2) is 8.25. The Labute approximate surface area is 90.3 Å². The molecule has 2 nitrogen and oxygen atoms in total. The zero-order chi connectivity index (χ0) is 11.0. The lowest BCUT2D eigenvalue weighted by Crippen LogP contribution is -2.29. The van der Waals surface area contributed by atoms with Crippen LogP contribution in [-0.4, -0.2) is 49.6 Å². The molecule has 0 N–H and O–H groups in total. The highest BCUT2D eigenvalue weighted by molar-refractivity contribution is 4.71. The third kappa shape index (κ3) is 6.39. The van der Waals surface area contributed by atoms with Crippen LogP contribution >= 0.6 is 0 Å². The summed E-state index contributed by atoms with van der Waals surface area (Å²) in [6, 6.07) is 0.826. The third-order valence-corrected chi connectivity index (χ3v) is 2.99. The molecule has 1 saturated heterocycles. The second-order valence-corrected chi connectivity index (χ2v) is 4.40. The summed E-state index contributed by atoms with van der Waals surface area (Å²) in [7, 11) is 4.11. The van der Waals surface area contributed by atoms with Crippen LogP contribution in [0.5, 0.6) is 0 Å². The molecule has 1 fully saturated rings. The van der Waals surface area contributed by atoms with Crippen LogP contribution < -0.4 is 0 Å². The molecule has 0 spiro atoms. The van der Waals surface area contributed by atoms with Gasteiger partial charge in [0.05, 0.1) is 0 Å². The van der Waals surface area contributed by atoms with Gasteiger partial charge in [0, 0.05) is 6.04 Å². The van der Waals surface area contributed by atoms with Gasteiger partial charge in [-0.3, -0.25) is 0 Å². The summed E-state index contributed by atoms with van der Waals surface area (Å²) in [6.45, 7) is 10.5. The van der Waals surface area contributed by atoms with Gasteiger partial charge in [0.1, 0.15) is 0 Å². The summed E-state index contributed by atoms with van der Waals surface area (Å²) >= 11 is 0. The lowest BCUT2D eigenvalue weighted by molar-refractivity contribution is 0.253. The molecule has 1 unspecified atom stereocenters. The van der Waals surface area contributed by atoms with Crippen LogP contribution in [0.25, 0.3) is 0 Å². The molecule has 14 heavy (non-hydrogen) atoms. The predicted molar refractivity (Wildman–Crippen MR) is 64.8 cm³/mol. The topological polar surface area (TPSA) is 6.48 Å². The summed E-state index contributed by atoms with van der Waals surface area (Å²) in [5.74, 6) is 0. The van der Waals surface area contributed by atoms with Crippen molar-refractivity contribution in [2.24, 2.45) is 0 Å². The van der Waals surface area contributed by atoms with Gasteiger partial charge in [-0.1, -0.05) is 13.8 Å². The van der Waals surface area contributed by atoms with Crippen molar-refractivity contribution >= 4 is 0 Å². The van der Waals surface area contributed by atoms with E-state index >= 15 is 0 Å². The molecular formula is C12H28N2. The van der Waals surface area contributed by atoms with E-state index in [-0.39, 0.29) is 0 Å². The van der Waals surface area contributed by atoms with Crippen molar-refractivity contribution in [2.75, 3.05) is 33.7 Å². The van der Waals surface area contributed by atoms with Gasteiger partial charge < -0.3 is 9.80 Å². The van der Waals surface area contributed by atoms with Crippen LogP contribution in [0.15, 0.2) is 0 Å². The molecule has 2 heteroatoms. The fourth-order valence-corrected chi connectivity index (χ4v) is 1.44. The number of hydrogen-bond acceptors (Lipinski definition) is 2. The van der Waals surface area contributed by atoms with E-state index in [0.717, 1.165) is 12.6 Å². The Kier molecular flexibility index (Phi) is 8.20. The molecule has 0 aromatic carbocycles. The lowest BCUT2D eigenvalue weighted by Gasteiger charge is -2.21. The fourth-order valence-electron chi connectivity index (χ4n) is 1.44. The largest absolute Gasteiger partial charge is 0.310 e. The van der Waals surface area contributed by atoms with E-state index in [0.29, 0.717) is 0 Å². The molecule has 0 saturated carbocycles. The SMILES string of the molecule is CCC(C)N1CCCC1.CCN(C)C. The minimum Gasteiger partial charge on any atom is -0.310 e. The Morgan fingerprint density at radius 3 is 1.86 bits per heavy atom. The average molecular weight is 200 g/mol. The quantitative estimate of drug-likeness (QED) is 0.690. The van der Waals surface area contributed by atoms with Gasteiger partial charge >= 0.3 is 0 Å². The molecule has 0 radical (unpaired) electrons. The first kappa shape index (κ1) is 13.9. The molecule has 1 atom stereocenters. The maximum absolute atomic E-state index is 2.58. The van der Waals surface area contributed by atoms with Gasteiger partial charge in [0.25, 0.3) is 0 Å². The van der Waals surface area contributed by atoms with E-state index in [4.69, 9.17) is 0 Å². The summed E-state index contributed by atoms with van der Waals surface area (Å²) in [4.78, 5) is 4.71. The number of likely N-dealkylation sites (tertiary alicyclic amines) is 1. The standard InChI is InChI=1S/C8H17N.C4H11N/c1-3-8(2)9-6-4-5-7-9;1-4-5(2)3/h8H,3-7H2,1-2H3;4H2,1-3H3. The van der Waals surface area contributed by atoms with Crippen molar-refractivity contribution in [1.29, 1.82) is 0 Å². The van der Waals surface area contributed by atoms with E-state index in [2.05, 4.69) is 44.7 Å². The van der Waals surface area contributed by atoms with E-state index < -0.39 is 0 Å². The first-order valence-corrected chi connectivity index (χ1v) is 6.00. The molecule has 0 bridgehead atoms. The highest BCUT2D eigenvalue weighted by Crippen LogP contribution is 2.12. The van der Waals surface area contributed by atoms with Crippen LogP contribution in [-0.2, 0) is 0 Å². The van der Waals surface area contributed by atoms with Gasteiger partial charge in [-0.05, 0) is 59.9 Å². The maximum atomic E-state index is 2.58. The van der Waals surface area contributed by atoms with Crippen LogP contribution in [0.4, 0.5) is 0 Å². The lowest BCUT2D eigenvalue weighted by atomic mass is 10.2. The summed E-state index contributed by atoms with van der Waals surface area (Å²) in [5.41, 5.74) is 0. The van der Waals surface area contributed by atoms with Crippen LogP contribution in [0.2, 0.25) is 0 Å². The Morgan fingerprint density at radius 1 is 1.14 bits per heavy atom. The van der Waals surface area contributed by atoms with Crippen molar-refractivity contribution in [3.63, 3.8) is 0 Å². The summed E-state index contributed by atoms with van der Waals surface area (Å²) < 4.78 is 0. The van der Waals surface area contributed by atoms with E-state index in [9.17, 15) is 0 Å². The summed E-state index contributed by atoms with van der Waals surface area (Å²) in [6.07, 6.45) is 4.15. The molecule has 0 aromatic heterocycles. The first-order chi connectivity index (χ1) is 6.61. The number of hydrogen-bond donors (Lipinski definition) is 0. The monoisotopic (exact) mass is 200 g/mol. The minimum atomic E-state index is 0.826. The van der Waals surface area contributed by atoms with Gasteiger partial charge in [0.2, 0.25) is 0 Å². The zero-order valence-corrected chi connectivity index (χ0v) is 10.7. The van der Waals surface area contributed by atoms with Gasteiger partial charge in [-0.2, -0.15) is 0 Å². The Morgan fingerprint density at radius 2 is 1.57 bits per heavy atom.